The quantitative estimate of drug-likeness (QED) is 0.715. The molecule has 0 radical (unpaired) electrons. The van der Waals surface area contributed by atoms with Crippen LogP contribution >= 0.6 is 0 Å². The predicted octanol–water partition coefficient (Wildman–Crippen LogP) is 0.977. The van der Waals surface area contributed by atoms with Crippen molar-refractivity contribution >= 4 is 23.5 Å². The van der Waals surface area contributed by atoms with Crippen molar-refractivity contribution in [3.8, 4) is 0 Å². The number of benzene rings is 1. The lowest BCUT2D eigenvalue weighted by Gasteiger charge is -2.21. The van der Waals surface area contributed by atoms with Gasteiger partial charge in [0.2, 0.25) is 5.91 Å². The molecule has 0 spiro atoms. The minimum atomic E-state index is -1.11. The van der Waals surface area contributed by atoms with Crippen LogP contribution in [-0.4, -0.2) is 40.3 Å². The van der Waals surface area contributed by atoms with Gasteiger partial charge in [0.15, 0.2) is 0 Å². The molecule has 22 heavy (non-hydrogen) atoms. The van der Waals surface area contributed by atoms with Crippen molar-refractivity contribution in [3.63, 3.8) is 0 Å². The van der Waals surface area contributed by atoms with E-state index in [1.165, 1.54) is 18.2 Å². The third-order valence-electron chi connectivity index (χ3n) is 3.86. The van der Waals surface area contributed by atoms with Crippen LogP contribution < -0.4 is 5.32 Å². The lowest BCUT2D eigenvalue weighted by molar-refractivity contribution is -0.145. The van der Waals surface area contributed by atoms with Crippen LogP contribution in [0.5, 0.6) is 0 Å². The van der Waals surface area contributed by atoms with E-state index in [1.807, 2.05) is 0 Å². The van der Waals surface area contributed by atoms with Gasteiger partial charge in [-0.1, -0.05) is 18.2 Å². The van der Waals surface area contributed by atoms with E-state index in [4.69, 9.17) is 9.84 Å². The molecule has 2 aliphatic rings. The van der Waals surface area contributed by atoms with Gasteiger partial charge in [0.25, 0.3) is 0 Å². The highest BCUT2D eigenvalue weighted by molar-refractivity contribution is 5.98. The summed E-state index contributed by atoms with van der Waals surface area (Å²) in [7, 11) is 0. The van der Waals surface area contributed by atoms with E-state index < -0.39 is 41.9 Å². The number of carboxylic acid groups (broad SMARTS) is 2. The van der Waals surface area contributed by atoms with E-state index >= 15 is 0 Å². The fraction of sp³-hybridized carbons (Fsp3) is 0.267. The average Bonchev–Trinajstić information content (AvgIpc) is 3.07. The molecule has 7 nitrogen and oxygen atoms in total. The molecule has 1 aromatic carbocycles. The summed E-state index contributed by atoms with van der Waals surface area (Å²) in [5, 5.41) is 20.8. The van der Waals surface area contributed by atoms with E-state index in [0.717, 1.165) is 0 Å². The smallest absolute Gasteiger partial charge is 0.335 e. The zero-order chi connectivity index (χ0) is 15.9. The topological polar surface area (TPSA) is 113 Å². The van der Waals surface area contributed by atoms with Gasteiger partial charge in [0.1, 0.15) is 5.92 Å². The van der Waals surface area contributed by atoms with Crippen LogP contribution in [0.15, 0.2) is 36.4 Å². The van der Waals surface area contributed by atoms with Crippen LogP contribution in [0.3, 0.4) is 0 Å². The monoisotopic (exact) mass is 303 g/mol. The van der Waals surface area contributed by atoms with E-state index in [1.54, 1.807) is 18.2 Å². The zero-order valence-electron chi connectivity index (χ0n) is 11.3. The van der Waals surface area contributed by atoms with Gasteiger partial charge in [0.05, 0.1) is 23.7 Å². The van der Waals surface area contributed by atoms with Crippen molar-refractivity contribution in [1.82, 2.24) is 0 Å². The maximum absolute atomic E-state index is 12.4. The lowest BCUT2D eigenvalue weighted by Crippen LogP contribution is -2.39. The molecule has 7 heteroatoms. The van der Waals surface area contributed by atoms with Crippen molar-refractivity contribution in [3.05, 3.63) is 42.0 Å². The number of hydrogen-bond acceptors (Lipinski definition) is 4. The molecule has 4 atom stereocenters. The number of carbonyl (C=O) groups excluding carboxylic acids is 1. The molecule has 3 rings (SSSR count). The Hall–Kier alpha value is -2.67. The number of aromatic carboxylic acids is 1. The van der Waals surface area contributed by atoms with Gasteiger partial charge in [-0.2, -0.15) is 0 Å². The number of carbonyl (C=O) groups is 3. The fourth-order valence-electron chi connectivity index (χ4n) is 2.87. The second-order valence-corrected chi connectivity index (χ2v) is 5.22. The molecule has 2 bridgehead atoms. The van der Waals surface area contributed by atoms with Crippen molar-refractivity contribution in [2.45, 2.75) is 12.2 Å². The van der Waals surface area contributed by atoms with Crippen LogP contribution in [0.4, 0.5) is 5.69 Å². The molecule has 3 N–H and O–H groups in total. The minimum Gasteiger partial charge on any atom is -0.481 e. The molecular formula is C15H13NO6. The highest BCUT2D eigenvalue weighted by atomic mass is 16.5. The van der Waals surface area contributed by atoms with E-state index in [9.17, 15) is 19.5 Å². The summed E-state index contributed by atoms with van der Waals surface area (Å²) in [6.45, 7) is 0. The number of ether oxygens (including phenoxy) is 1. The number of anilines is 1. The van der Waals surface area contributed by atoms with Crippen molar-refractivity contribution in [1.29, 1.82) is 0 Å². The number of nitrogens with one attached hydrogen (secondary N) is 1. The van der Waals surface area contributed by atoms with E-state index in [2.05, 4.69) is 5.32 Å². The Morgan fingerprint density at radius 2 is 1.73 bits per heavy atom. The minimum absolute atomic E-state index is 0.0386. The number of fused-ring (bicyclic) bond motifs is 2. The highest BCUT2D eigenvalue weighted by Crippen LogP contribution is 2.39. The van der Waals surface area contributed by atoms with Gasteiger partial charge in [-0.25, -0.2) is 4.79 Å². The average molecular weight is 303 g/mol. The van der Waals surface area contributed by atoms with Gasteiger partial charge >= 0.3 is 11.9 Å². The molecule has 2 heterocycles. The number of aliphatic carboxylic acids is 1. The summed E-state index contributed by atoms with van der Waals surface area (Å²) in [6.07, 6.45) is 2.18. The van der Waals surface area contributed by atoms with Crippen LogP contribution in [0.25, 0.3) is 0 Å². The molecule has 1 aromatic rings. The van der Waals surface area contributed by atoms with E-state index in [0.29, 0.717) is 5.69 Å². The van der Waals surface area contributed by atoms with Crippen LogP contribution in [-0.2, 0) is 14.3 Å². The Labute approximate surface area is 125 Å². The molecule has 114 valence electrons. The summed E-state index contributed by atoms with van der Waals surface area (Å²) in [4.78, 5) is 34.6. The first kappa shape index (κ1) is 14.3. The number of hydrogen-bond donors (Lipinski definition) is 3. The van der Waals surface area contributed by atoms with Crippen LogP contribution in [0, 0.1) is 11.8 Å². The third kappa shape index (κ3) is 2.35. The lowest BCUT2D eigenvalue weighted by atomic mass is 9.82. The maximum atomic E-state index is 12.4. The van der Waals surface area contributed by atoms with Gasteiger partial charge < -0.3 is 20.3 Å². The fourth-order valence-corrected chi connectivity index (χ4v) is 2.87. The Balaban J connectivity index is 1.80. The Kier molecular flexibility index (Phi) is 3.42. The summed E-state index contributed by atoms with van der Waals surface area (Å²) in [5.41, 5.74) is 0.345. The van der Waals surface area contributed by atoms with Crippen molar-refractivity contribution in [2.75, 3.05) is 5.32 Å². The third-order valence-corrected chi connectivity index (χ3v) is 3.86. The van der Waals surface area contributed by atoms with Gasteiger partial charge in [0, 0.05) is 5.69 Å². The first-order valence-corrected chi connectivity index (χ1v) is 6.68. The second-order valence-electron chi connectivity index (χ2n) is 5.22. The molecule has 1 amide bonds. The first-order chi connectivity index (χ1) is 10.5. The van der Waals surface area contributed by atoms with Crippen LogP contribution in [0.2, 0.25) is 0 Å². The number of rotatable bonds is 4. The summed E-state index contributed by atoms with van der Waals surface area (Å²) >= 11 is 0. The normalized spacial score (nSPS) is 28.5. The highest BCUT2D eigenvalue weighted by Gasteiger charge is 2.53. The Morgan fingerprint density at radius 3 is 2.36 bits per heavy atom. The van der Waals surface area contributed by atoms with Gasteiger partial charge in [-0.05, 0) is 18.2 Å². The maximum Gasteiger partial charge on any atom is 0.335 e. The summed E-state index contributed by atoms with van der Waals surface area (Å²) in [6, 6.07) is 5.77. The molecule has 2 aliphatic heterocycles. The first-order valence-electron chi connectivity index (χ1n) is 6.68. The van der Waals surface area contributed by atoms with Gasteiger partial charge in [-0.3, -0.25) is 9.59 Å². The second kappa shape index (κ2) is 5.27. The number of carboxylic acids is 2. The molecule has 0 saturated carbocycles. The SMILES string of the molecule is O=C(O)c1cccc(NC(=O)[C@H]2[C@@H](C(=O)O)[C@H]3C=C[C@H]2O3)c1. The standard InChI is InChI=1S/C15H13NO6/c17-13(16-8-3-1-2-7(6-8)14(18)19)11-9-4-5-10(22-9)12(11)15(20)21/h1-6,9-12H,(H,16,17)(H,18,19)(H,20,21)/t9-,10-,11-,12+/m1/s1. The summed E-state index contributed by atoms with van der Waals surface area (Å²) in [5.74, 6) is -4.45. The Bertz CT molecular complexity index is 682. The van der Waals surface area contributed by atoms with E-state index in [-0.39, 0.29) is 5.56 Å². The summed E-state index contributed by atoms with van der Waals surface area (Å²) < 4.78 is 5.43. The zero-order valence-corrected chi connectivity index (χ0v) is 11.3. The largest absolute Gasteiger partial charge is 0.481 e. The van der Waals surface area contributed by atoms with Crippen molar-refractivity contribution in [2.24, 2.45) is 11.8 Å². The van der Waals surface area contributed by atoms with Gasteiger partial charge in [-0.15, -0.1) is 0 Å². The molecular weight excluding hydrogens is 290 g/mol. The molecule has 1 fully saturated rings. The molecule has 0 aromatic heterocycles. The van der Waals surface area contributed by atoms with Crippen LogP contribution in [0.1, 0.15) is 10.4 Å². The molecule has 0 aliphatic carbocycles. The Morgan fingerprint density at radius 1 is 1.05 bits per heavy atom. The molecule has 0 unspecified atom stereocenters. The predicted molar refractivity (Wildman–Crippen MR) is 74.4 cm³/mol. The van der Waals surface area contributed by atoms with Crippen molar-refractivity contribution < 1.29 is 29.3 Å². The molecule has 1 saturated heterocycles. The number of amides is 1.